The summed E-state index contributed by atoms with van der Waals surface area (Å²) in [6.45, 7) is 15.7. The standard InChI is InChI=1S/C46H41N/c1-28-14-19-34(20-15-28)47(45-30(3)26-33(27-31(45)4)46(5,6)7)35-21-17-32(18-22-35)37-24-25-42-41-23-16-29(2)36-10-8-12-39(43(36)41)40-13-9-11-38(37)44(40)42/h8-27H,1-7H3. The van der Waals surface area contributed by atoms with E-state index in [1.165, 1.54) is 93.4 Å². The van der Waals surface area contributed by atoms with Crippen molar-refractivity contribution in [2.45, 2.75) is 53.9 Å². The van der Waals surface area contributed by atoms with E-state index in [0.717, 1.165) is 5.69 Å². The van der Waals surface area contributed by atoms with E-state index in [1.807, 2.05) is 0 Å². The smallest absolute Gasteiger partial charge is 0.0520 e. The van der Waals surface area contributed by atoms with Crippen LogP contribution in [0.3, 0.4) is 0 Å². The molecule has 1 heteroatoms. The SMILES string of the molecule is Cc1ccc(N(c2ccc(-c3ccc4c5ccc(C)c6cccc(c7cccc3c74)c65)cc2)c2c(C)cc(C(C)(C)C)cc2C)cc1. The van der Waals surface area contributed by atoms with Gasteiger partial charge < -0.3 is 4.90 Å². The van der Waals surface area contributed by atoms with Gasteiger partial charge in [0.15, 0.2) is 0 Å². The third-order valence-electron chi connectivity index (χ3n) is 10.2. The van der Waals surface area contributed by atoms with Gasteiger partial charge >= 0.3 is 0 Å². The fourth-order valence-electron chi connectivity index (χ4n) is 7.74. The third kappa shape index (κ3) is 4.68. The lowest BCUT2D eigenvalue weighted by molar-refractivity contribution is 0.589. The van der Waals surface area contributed by atoms with Gasteiger partial charge in [-0.2, -0.15) is 0 Å². The monoisotopic (exact) mass is 607 g/mol. The summed E-state index contributed by atoms with van der Waals surface area (Å²) in [4.78, 5) is 2.43. The van der Waals surface area contributed by atoms with Gasteiger partial charge in [-0.3, -0.25) is 0 Å². The van der Waals surface area contributed by atoms with Crippen LogP contribution in [-0.4, -0.2) is 0 Å². The van der Waals surface area contributed by atoms with Crippen molar-refractivity contribution in [3.8, 4) is 11.1 Å². The normalized spacial score (nSPS) is 12.1. The highest BCUT2D eigenvalue weighted by Gasteiger charge is 2.22. The van der Waals surface area contributed by atoms with E-state index in [9.17, 15) is 0 Å². The Morgan fingerprint density at radius 2 is 0.936 bits per heavy atom. The fourth-order valence-corrected chi connectivity index (χ4v) is 7.74. The molecule has 0 spiro atoms. The minimum Gasteiger partial charge on any atom is -0.310 e. The Kier molecular flexibility index (Phi) is 6.67. The maximum Gasteiger partial charge on any atom is 0.0520 e. The predicted molar refractivity (Wildman–Crippen MR) is 205 cm³/mol. The van der Waals surface area contributed by atoms with E-state index < -0.39 is 0 Å². The number of nitrogens with zero attached hydrogens (tertiary/aromatic N) is 1. The van der Waals surface area contributed by atoms with Crippen LogP contribution in [0.5, 0.6) is 0 Å². The largest absolute Gasteiger partial charge is 0.310 e. The molecule has 230 valence electrons. The lowest BCUT2D eigenvalue weighted by Gasteiger charge is -2.31. The van der Waals surface area contributed by atoms with Gasteiger partial charge in [0, 0.05) is 11.4 Å². The van der Waals surface area contributed by atoms with Crippen molar-refractivity contribution in [3.63, 3.8) is 0 Å². The molecule has 8 aromatic rings. The molecule has 8 aromatic carbocycles. The van der Waals surface area contributed by atoms with Crippen LogP contribution in [0.25, 0.3) is 54.2 Å². The number of rotatable bonds is 4. The van der Waals surface area contributed by atoms with Crippen LogP contribution in [-0.2, 0) is 5.41 Å². The Hall–Kier alpha value is -5.14. The number of fused-ring (bicyclic) bond motifs is 2. The van der Waals surface area contributed by atoms with Crippen LogP contribution in [0.15, 0.2) is 121 Å². The maximum atomic E-state index is 2.43. The summed E-state index contributed by atoms with van der Waals surface area (Å²) in [7, 11) is 0. The second-order valence-electron chi connectivity index (χ2n) is 14.5. The second kappa shape index (κ2) is 10.7. The van der Waals surface area contributed by atoms with Gasteiger partial charge in [0.05, 0.1) is 5.69 Å². The first-order valence-electron chi connectivity index (χ1n) is 16.8. The zero-order valence-electron chi connectivity index (χ0n) is 28.5. The van der Waals surface area contributed by atoms with Crippen LogP contribution < -0.4 is 4.90 Å². The zero-order chi connectivity index (χ0) is 32.6. The van der Waals surface area contributed by atoms with Crippen LogP contribution in [0.2, 0.25) is 0 Å². The minimum absolute atomic E-state index is 0.0938. The Labute approximate surface area is 278 Å². The van der Waals surface area contributed by atoms with Crippen molar-refractivity contribution in [2.24, 2.45) is 0 Å². The van der Waals surface area contributed by atoms with E-state index in [4.69, 9.17) is 0 Å². The highest BCUT2D eigenvalue weighted by Crippen LogP contribution is 2.45. The highest BCUT2D eigenvalue weighted by atomic mass is 15.1. The molecule has 0 radical (unpaired) electrons. The van der Waals surface area contributed by atoms with E-state index >= 15 is 0 Å². The summed E-state index contributed by atoms with van der Waals surface area (Å²) in [6.07, 6.45) is 0. The molecule has 0 saturated heterocycles. The third-order valence-corrected chi connectivity index (χ3v) is 10.2. The molecule has 0 amide bonds. The van der Waals surface area contributed by atoms with Crippen molar-refractivity contribution < 1.29 is 0 Å². The maximum absolute atomic E-state index is 2.43. The molecule has 0 N–H and O–H groups in total. The lowest BCUT2D eigenvalue weighted by atomic mass is 9.84. The molecule has 0 unspecified atom stereocenters. The summed E-state index contributed by atoms with van der Waals surface area (Å²) < 4.78 is 0. The molecule has 0 aliphatic carbocycles. The van der Waals surface area contributed by atoms with Crippen molar-refractivity contribution in [1.82, 2.24) is 0 Å². The Bertz CT molecular complexity index is 2410. The zero-order valence-corrected chi connectivity index (χ0v) is 28.5. The Balaban J connectivity index is 1.29. The van der Waals surface area contributed by atoms with Crippen LogP contribution in [0, 0.1) is 27.7 Å². The number of hydrogen-bond acceptors (Lipinski definition) is 1. The van der Waals surface area contributed by atoms with Crippen LogP contribution in [0.1, 0.15) is 48.6 Å². The van der Waals surface area contributed by atoms with Crippen molar-refractivity contribution in [1.29, 1.82) is 0 Å². The van der Waals surface area contributed by atoms with E-state index in [1.54, 1.807) is 0 Å². The molecule has 0 atom stereocenters. The van der Waals surface area contributed by atoms with Crippen molar-refractivity contribution in [2.75, 3.05) is 4.90 Å². The average Bonchev–Trinajstić information content (AvgIpc) is 3.06. The molecule has 0 fully saturated rings. The predicted octanol–water partition coefficient (Wildman–Crippen LogP) is 13.4. The second-order valence-corrected chi connectivity index (χ2v) is 14.5. The molecule has 0 saturated carbocycles. The summed E-state index contributed by atoms with van der Waals surface area (Å²) >= 11 is 0. The van der Waals surface area contributed by atoms with Gasteiger partial charge in [-0.1, -0.05) is 123 Å². The first kappa shape index (κ1) is 29.3. The number of aryl methyl sites for hydroxylation is 4. The summed E-state index contributed by atoms with van der Waals surface area (Å²) in [5.41, 5.74) is 12.7. The Morgan fingerprint density at radius 3 is 1.53 bits per heavy atom. The molecule has 47 heavy (non-hydrogen) atoms. The van der Waals surface area contributed by atoms with Gasteiger partial charge in [-0.05, 0) is 134 Å². The lowest BCUT2D eigenvalue weighted by Crippen LogP contribution is -2.16. The molecule has 0 heterocycles. The molecule has 0 bridgehead atoms. The van der Waals surface area contributed by atoms with Crippen LogP contribution >= 0.6 is 0 Å². The quantitative estimate of drug-likeness (QED) is 0.142. The highest BCUT2D eigenvalue weighted by molar-refractivity contribution is 6.34. The van der Waals surface area contributed by atoms with Crippen molar-refractivity contribution >= 4 is 60.2 Å². The molecular formula is C46H41N. The molecule has 0 aliphatic rings. The molecule has 0 aliphatic heterocycles. The number of benzene rings is 8. The van der Waals surface area contributed by atoms with Gasteiger partial charge in [0.2, 0.25) is 0 Å². The van der Waals surface area contributed by atoms with Gasteiger partial charge in [-0.15, -0.1) is 0 Å². The minimum atomic E-state index is 0.0938. The molecular weight excluding hydrogens is 567 g/mol. The van der Waals surface area contributed by atoms with Crippen molar-refractivity contribution in [3.05, 3.63) is 149 Å². The molecule has 0 aromatic heterocycles. The topological polar surface area (TPSA) is 3.24 Å². The fraction of sp³-hybridized carbons (Fsp3) is 0.174. The van der Waals surface area contributed by atoms with E-state index in [2.05, 4.69) is 175 Å². The van der Waals surface area contributed by atoms with Gasteiger partial charge in [0.1, 0.15) is 0 Å². The first-order chi connectivity index (χ1) is 22.6. The summed E-state index contributed by atoms with van der Waals surface area (Å²) in [5.74, 6) is 0. The average molecular weight is 608 g/mol. The number of anilines is 3. The van der Waals surface area contributed by atoms with E-state index in [-0.39, 0.29) is 5.41 Å². The number of hydrogen-bond donors (Lipinski definition) is 0. The Morgan fingerprint density at radius 1 is 0.447 bits per heavy atom. The van der Waals surface area contributed by atoms with E-state index in [0.29, 0.717) is 0 Å². The summed E-state index contributed by atoms with van der Waals surface area (Å²) in [6, 6.07) is 45.7. The molecule has 1 nitrogen and oxygen atoms in total. The molecule has 8 rings (SSSR count). The first-order valence-corrected chi connectivity index (χ1v) is 16.8. The summed E-state index contributed by atoms with van der Waals surface area (Å²) in [5, 5.41) is 10.7. The van der Waals surface area contributed by atoms with Gasteiger partial charge in [0.25, 0.3) is 0 Å². The van der Waals surface area contributed by atoms with Gasteiger partial charge in [-0.25, -0.2) is 0 Å². The van der Waals surface area contributed by atoms with Crippen LogP contribution in [0.4, 0.5) is 17.1 Å².